The lowest BCUT2D eigenvalue weighted by atomic mass is 10.0. The molecule has 5 nitrogen and oxygen atoms in total. The van der Waals surface area contributed by atoms with Crippen molar-refractivity contribution in [2.24, 2.45) is 0 Å². The van der Waals surface area contributed by atoms with Crippen molar-refractivity contribution in [1.29, 1.82) is 0 Å². The summed E-state index contributed by atoms with van der Waals surface area (Å²) in [6.45, 7) is 7.66. The van der Waals surface area contributed by atoms with E-state index in [2.05, 4.69) is 34.8 Å². The summed E-state index contributed by atoms with van der Waals surface area (Å²) in [7, 11) is 0. The first-order valence-corrected chi connectivity index (χ1v) is 7.18. The summed E-state index contributed by atoms with van der Waals surface area (Å²) in [5.74, 6) is 0.709. The maximum absolute atomic E-state index is 6.00. The zero-order valence-corrected chi connectivity index (χ0v) is 12.3. The summed E-state index contributed by atoms with van der Waals surface area (Å²) in [5, 5.41) is 0.946. The Kier molecular flexibility index (Phi) is 4.74. The van der Waals surface area contributed by atoms with Crippen LogP contribution in [0.4, 0.5) is 11.8 Å². The van der Waals surface area contributed by atoms with Crippen molar-refractivity contribution >= 4 is 22.7 Å². The molecule has 20 heavy (non-hydrogen) atoms. The van der Waals surface area contributed by atoms with Gasteiger partial charge < -0.3 is 16.4 Å². The number of anilines is 2. The SMILES string of the molecule is CCN(CC)CCCc1cccc2nc(N)nc(N)c12. The van der Waals surface area contributed by atoms with E-state index in [1.165, 1.54) is 5.56 Å². The van der Waals surface area contributed by atoms with Crippen LogP contribution in [0.15, 0.2) is 18.2 Å². The predicted octanol–water partition coefficient (Wildman–Crippen LogP) is 2.07. The van der Waals surface area contributed by atoms with Gasteiger partial charge in [0.25, 0.3) is 0 Å². The van der Waals surface area contributed by atoms with Gasteiger partial charge >= 0.3 is 0 Å². The van der Waals surface area contributed by atoms with E-state index in [0.717, 1.165) is 43.4 Å². The second-order valence-corrected chi connectivity index (χ2v) is 4.91. The molecule has 0 radical (unpaired) electrons. The highest BCUT2D eigenvalue weighted by molar-refractivity contribution is 5.91. The van der Waals surface area contributed by atoms with Crippen LogP contribution in [-0.4, -0.2) is 34.5 Å². The minimum atomic E-state index is 0.232. The van der Waals surface area contributed by atoms with Gasteiger partial charge in [-0.3, -0.25) is 0 Å². The van der Waals surface area contributed by atoms with Crippen molar-refractivity contribution in [3.8, 4) is 0 Å². The highest BCUT2D eigenvalue weighted by atomic mass is 15.1. The van der Waals surface area contributed by atoms with Crippen LogP contribution in [-0.2, 0) is 6.42 Å². The monoisotopic (exact) mass is 273 g/mol. The molecule has 1 heterocycles. The lowest BCUT2D eigenvalue weighted by Crippen LogP contribution is -2.24. The van der Waals surface area contributed by atoms with Gasteiger partial charge in [-0.25, -0.2) is 4.98 Å². The van der Waals surface area contributed by atoms with Crippen molar-refractivity contribution in [3.63, 3.8) is 0 Å². The number of aryl methyl sites for hydroxylation is 1. The van der Waals surface area contributed by atoms with E-state index in [-0.39, 0.29) is 5.95 Å². The van der Waals surface area contributed by atoms with Crippen LogP contribution in [0, 0.1) is 0 Å². The molecule has 0 bridgehead atoms. The van der Waals surface area contributed by atoms with Crippen LogP contribution >= 0.6 is 0 Å². The van der Waals surface area contributed by atoms with Crippen molar-refractivity contribution < 1.29 is 0 Å². The van der Waals surface area contributed by atoms with E-state index in [9.17, 15) is 0 Å². The standard InChI is InChI=1S/C15H23N5/c1-3-20(4-2)10-6-8-11-7-5-9-12-13(11)14(16)19-15(17)18-12/h5,7,9H,3-4,6,8,10H2,1-2H3,(H4,16,17,18,19). The number of benzene rings is 1. The molecule has 4 N–H and O–H groups in total. The molecule has 108 valence electrons. The number of fused-ring (bicyclic) bond motifs is 1. The zero-order chi connectivity index (χ0) is 14.5. The van der Waals surface area contributed by atoms with Gasteiger partial charge in [0, 0.05) is 5.39 Å². The van der Waals surface area contributed by atoms with Crippen molar-refractivity contribution in [3.05, 3.63) is 23.8 Å². The summed E-state index contributed by atoms with van der Waals surface area (Å²) >= 11 is 0. The van der Waals surface area contributed by atoms with Crippen LogP contribution in [0.2, 0.25) is 0 Å². The van der Waals surface area contributed by atoms with Crippen LogP contribution < -0.4 is 11.5 Å². The second-order valence-electron chi connectivity index (χ2n) is 4.91. The van der Waals surface area contributed by atoms with Crippen molar-refractivity contribution in [2.75, 3.05) is 31.1 Å². The molecule has 0 aliphatic rings. The predicted molar refractivity (Wildman–Crippen MR) is 84.5 cm³/mol. The first kappa shape index (κ1) is 14.5. The van der Waals surface area contributed by atoms with Crippen LogP contribution in [0.25, 0.3) is 10.9 Å². The third-order valence-corrected chi connectivity index (χ3v) is 3.67. The fourth-order valence-corrected chi connectivity index (χ4v) is 2.54. The average Bonchev–Trinajstić information content (AvgIpc) is 2.43. The van der Waals surface area contributed by atoms with Gasteiger partial charge in [-0.15, -0.1) is 0 Å². The largest absolute Gasteiger partial charge is 0.383 e. The summed E-state index contributed by atoms with van der Waals surface area (Å²) in [5.41, 5.74) is 13.7. The molecule has 2 rings (SSSR count). The van der Waals surface area contributed by atoms with Gasteiger partial charge in [0.1, 0.15) is 5.82 Å². The normalized spacial score (nSPS) is 11.3. The molecule has 0 saturated carbocycles. The molecule has 0 fully saturated rings. The summed E-state index contributed by atoms with van der Waals surface area (Å²) in [6, 6.07) is 6.03. The van der Waals surface area contributed by atoms with Crippen LogP contribution in [0.5, 0.6) is 0 Å². The molecule has 0 amide bonds. The van der Waals surface area contributed by atoms with E-state index in [0.29, 0.717) is 5.82 Å². The maximum atomic E-state index is 6.00. The molecule has 0 unspecified atom stereocenters. The van der Waals surface area contributed by atoms with Gasteiger partial charge in [-0.2, -0.15) is 4.98 Å². The van der Waals surface area contributed by atoms with E-state index in [1.54, 1.807) is 0 Å². The van der Waals surface area contributed by atoms with E-state index in [4.69, 9.17) is 11.5 Å². The number of hydrogen-bond acceptors (Lipinski definition) is 5. The highest BCUT2D eigenvalue weighted by Crippen LogP contribution is 2.24. The molecular weight excluding hydrogens is 250 g/mol. The number of nitrogen functional groups attached to an aromatic ring is 2. The van der Waals surface area contributed by atoms with Gasteiger partial charge in [0.2, 0.25) is 5.95 Å². The number of nitrogens with zero attached hydrogens (tertiary/aromatic N) is 3. The van der Waals surface area contributed by atoms with Gasteiger partial charge in [-0.05, 0) is 44.1 Å². The molecule has 1 aromatic heterocycles. The molecule has 1 aromatic carbocycles. The molecule has 0 spiro atoms. The molecule has 0 aliphatic carbocycles. The fourth-order valence-electron chi connectivity index (χ4n) is 2.54. The average molecular weight is 273 g/mol. The Balaban J connectivity index is 2.18. The number of aromatic nitrogens is 2. The van der Waals surface area contributed by atoms with E-state index >= 15 is 0 Å². The van der Waals surface area contributed by atoms with Crippen LogP contribution in [0.1, 0.15) is 25.8 Å². The molecule has 0 aliphatic heterocycles. The molecule has 2 aromatic rings. The van der Waals surface area contributed by atoms with E-state index in [1.807, 2.05) is 12.1 Å². The Morgan fingerprint density at radius 1 is 1.10 bits per heavy atom. The second kappa shape index (κ2) is 6.52. The number of nitrogens with two attached hydrogens (primary N) is 2. The lowest BCUT2D eigenvalue weighted by molar-refractivity contribution is 0.300. The first-order chi connectivity index (χ1) is 9.65. The Hall–Kier alpha value is -1.88. The lowest BCUT2D eigenvalue weighted by Gasteiger charge is -2.18. The Labute approximate surface area is 120 Å². The maximum Gasteiger partial charge on any atom is 0.222 e. The topological polar surface area (TPSA) is 81.1 Å². The molecule has 0 saturated heterocycles. The zero-order valence-electron chi connectivity index (χ0n) is 12.3. The van der Waals surface area contributed by atoms with Crippen LogP contribution in [0.3, 0.4) is 0 Å². The first-order valence-electron chi connectivity index (χ1n) is 7.18. The van der Waals surface area contributed by atoms with Gasteiger partial charge in [0.05, 0.1) is 5.52 Å². The van der Waals surface area contributed by atoms with E-state index < -0.39 is 0 Å². The Bertz CT molecular complexity index is 578. The highest BCUT2D eigenvalue weighted by Gasteiger charge is 2.08. The number of hydrogen-bond donors (Lipinski definition) is 2. The third-order valence-electron chi connectivity index (χ3n) is 3.67. The van der Waals surface area contributed by atoms with Crippen molar-refractivity contribution in [1.82, 2.24) is 14.9 Å². The number of rotatable bonds is 6. The molecular formula is C15H23N5. The summed E-state index contributed by atoms with van der Waals surface area (Å²) in [6.07, 6.45) is 2.08. The molecule has 5 heteroatoms. The fraction of sp³-hybridized carbons (Fsp3) is 0.467. The summed E-state index contributed by atoms with van der Waals surface area (Å²) < 4.78 is 0. The Morgan fingerprint density at radius 2 is 1.85 bits per heavy atom. The quantitative estimate of drug-likeness (QED) is 0.842. The van der Waals surface area contributed by atoms with Gasteiger partial charge in [0.15, 0.2) is 0 Å². The minimum Gasteiger partial charge on any atom is -0.383 e. The molecule has 0 atom stereocenters. The third kappa shape index (κ3) is 3.17. The minimum absolute atomic E-state index is 0.232. The summed E-state index contributed by atoms with van der Waals surface area (Å²) in [4.78, 5) is 10.7. The van der Waals surface area contributed by atoms with Gasteiger partial charge in [-0.1, -0.05) is 26.0 Å². The smallest absolute Gasteiger partial charge is 0.222 e. The van der Waals surface area contributed by atoms with Crippen molar-refractivity contribution in [2.45, 2.75) is 26.7 Å². The Morgan fingerprint density at radius 3 is 2.55 bits per heavy atom.